The molecule has 0 saturated heterocycles. The van der Waals surface area contributed by atoms with E-state index in [1.807, 2.05) is 17.4 Å². The van der Waals surface area contributed by atoms with Gasteiger partial charge in [-0.3, -0.25) is 0 Å². The minimum atomic E-state index is 0.895. The van der Waals surface area contributed by atoms with Crippen molar-refractivity contribution in [1.29, 1.82) is 0 Å². The van der Waals surface area contributed by atoms with Gasteiger partial charge in [-0.2, -0.15) is 0 Å². The second-order valence-corrected chi connectivity index (χ2v) is 14.5. The summed E-state index contributed by atoms with van der Waals surface area (Å²) in [5.74, 6) is 0. The lowest BCUT2D eigenvalue weighted by molar-refractivity contribution is 0.673. The van der Waals surface area contributed by atoms with E-state index in [1.54, 1.807) is 0 Å². The zero-order valence-electron chi connectivity index (χ0n) is 27.2. The van der Waals surface area contributed by atoms with Crippen molar-refractivity contribution >= 4 is 108 Å². The lowest BCUT2D eigenvalue weighted by atomic mass is 9.90. The van der Waals surface area contributed by atoms with Crippen LogP contribution in [0.25, 0.3) is 113 Å². The van der Waals surface area contributed by atoms with Crippen molar-refractivity contribution in [2.45, 2.75) is 0 Å². The molecule has 0 spiro atoms. The summed E-state index contributed by atoms with van der Waals surface area (Å²) >= 11 is 1.84. The highest BCUT2D eigenvalue weighted by Gasteiger charge is 2.22. The predicted octanol–water partition coefficient (Wildman–Crippen LogP) is 13.6. The molecule has 236 valence electrons. The minimum absolute atomic E-state index is 0.895. The molecule has 4 aromatic heterocycles. The van der Waals surface area contributed by atoms with Crippen molar-refractivity contribution < 1.29 is 4.42 Å². The Labute approximate surface area is 295 Å². The molecular formula is C47H26N2OS. The number of aromatic nitrogens is 2. The summed E-state index contributed by atoms with van der Waals surface area (Å²) in [5, 5.41) is 13.3. The van der Waals surface area contributed by atoms with Crippen LogP contribution in [0.15, 0.2) is 162 Å². The Hall–Kier alpha value is -6.49. The van der Waals surface area contributed by atoms with E-state index < -0.39 is 0 Å². The average Bonchev–Trinajstić information content (AvgIpc) is 3.85. The fraction of sp³-hybridized carbons (Fsp3) is 0. The zero-order valence-corrected chi connectivity index (χ0v) is 28.0. The molecule has 12 rings (SSSR count). The molecule has 4 heterocycles. The zero-order chi connectivity index (χ0) is 33.2. The number of rotatable bonds is 2. The van der Waals surface area contributed by atoms with Crippen LogP contribution in [0, 0.1) is 0 Å². The molecule has 0 bridgehead atoms. The second kappa shape index (κ2) is 10.0. The summed E-state index contributed by atoms with van der Waals surface area (Å²) in [4.78, 5) is 5.46. The first-order chi connectivity index (χ1) is 25.3. The Morgan fingerprint density at radius 1 is 0.471 bits per heavy atom. The van der Waals surface area contributed by atoms with Crippen molar-refractivity contribution in [3.05, 3.63) is 158 Å². The summed E-state index contributed by atoms with van der Waals surface area (Å²) in [6, 6.07) is 56.9. The maximum absolute atomic E-state index is 6.67. The van der Waals surface area contributed by atoms with Gasteiger partial charge in [-0.05, 0) is 70.1 Å². The third kappa shape index (κ3) is 3.69. The molecular weight excluding hydrogens is 641 g/mol. The Bertz CT molecular complexity index is 3440. The molecule has 0 fully saturated rings. The summed E-state index contributed by atoms with van der Waals surface area (Å²) in [7, 11) is 0. The molecule has 0 aliphatic carbocycles. The lowest BCUT2D eigenvalue weighted by Crippen LogP contribution is -1.96. The van der Waals surface area contributed by atoms with Crippen LogP contribution in [0.5, 0.6) is 0 Å². The lowest BCUT2D eigenvalue weighted by Gasteiger charge is -2.17. The van der Waals surface area contributed by atoms with Gasteiger partial charge in [0.15, 0.2) is 5.58 Å². The highest BCUT2D eigenvalue weighted by atomic mass is 32.1. The molecule has 51 heavy (non-hydrogen) atoms. The van der Waals surface area contributed by atoms with E-state index >= 15 is 0 Å². The number of thiophene rings is 1. The topological polar surface area (TPSA) is 31.0 Å². The minimum Gasteiger partial charge on any atom is -0.454 e. The fourth-order valence-electron chi connectivity index (χ4n) is 8.58. The first-order valence-electron chi connectivity index (χ1n) is 17.3. The van der Waals surface area contributed by atoms with Gasteiger partial charge in [0.25, 0.3) is 0 Å². The monoisotopic (exact) mass is 666 g/mol. The average molecular weight is 667 g/mol. The molecule has 0 aliphatic rings. The predicted molar refractivity (Wildman–Crippen MR) is 217 cm³/mol. The largest absolute Gasteiger partial charge is 0.454 e. The number of nitrogens with zero attached hydrogens (tertiary/aromatic N) is 2. The molecule has 4 heteroatoms. The van der Waals surface area contributed by atoms with Crippen molar-refractivity contribution in [2.75, 3.05) is 0 Å². The molecule has 0 atom stereocenters. The number of para-hydroxylation sites is 2. The fourth-order valence-corrected chi connectivity index (χ4v) is 9.71. The molecule has 0 amide bonds. The van der Waals surface area contributed by atoms with Crippen LogP contribution in [0.4, 0.5) is 0 Å². The Morgan fingerprint density at radius 2 is 1.14 bits per heavy atom. The van der Waals surface area contributed by atoms with Gasteiger partial charge >= 0.3 is 0 Å². The summed E-state index contributed by atoms with van der Waals surface area (Å²) < 4.78 is 11.6. The Kier molecular flexibility index (Phi) is 5.38. The van der Waals surface area contributed by atoms with Gasteiger partial charge in [0.2, 0.25) is 0 Å². The first-order valence-corrected chi connectivity index (χ1v) is 18.1. The van der Waals surface area contributed by atoms with Crippen molar-refractivity contribution in [3.8, 4) is 16.9 Å². The van der Waals surface area contributed by atoms with Crippen LogP contribution in [0.1, 0.15) is 0 Å². The van der Waals surface area contributed by atoms with Crippen molar-refractivity contribution in [3.63, 3.8) is 0 Å². The summed E-state index contributed by atoms with van der Waals surface area (Å²) in [5.41, 5.74) is 8.17. The highest BCUT2D eigenvalue weighted by molar-refractivity contribution is 7.25. The van der Waals surface area contributed by atoms with Gasteiger partial charge in [-0.15, -0.1) is 11.3 Å². The number of benzene rings is 8. The van der Waals surface area contributed by atoms with Crippen molar-refractivity contribution in [2.24, 2.45) is 0 Å². The maximum atomic E-state index is 6.67. The quantitative estimate of drug-likeness (QED) is 0.172. The second-order valence-electron chi connectivity index (χ2n) is 13.4. The van der Waals surface area contributed by atoms with Gasteiger partial charge in [0.05, 0.1) is 16.7 Å². The number of fused-ring (bicyclic) bond motifs is 16. The molecule has 12 aromatic rings. The number of hydrogen-bond acceptors (Lipinski definition) is 3. The van der Waals surface area contributed by atoms with E-state index in [1.165, 1.54) is 57.9 Å². The molecule has 0 aliphatic heterocycles. The maximum Gasteiger partial charge on any atom is 0.161 e. The third-order valence-corrected chi connectivity index (χ3v) is 11.9. The van der Waals surface area contributed by atoms with Gasteiger partial charge in [-0.1, -0.05) is 109 Å². The van der Waals surface area contributed by atoms with E-state index in [2.05, 4.69) is 156 Å². The van der Waals surface area contributed by atoms with Gasteiger partial charge in [-0.25, -0.2) is 4.98 Å². The normalized spacial score (nSPS) is 12.3. The Morgan fingerprint density at radius 3 is 1.96 bits per heavy atom. The molecule has 0 unspecified atom stereocenters. The van der Waals surface area contributed by atoms with E-state index in [0.29, 0.717) is 0 Å². The molecule has 3 nitrogen and oxygen atoms in total. The van der Waals surface area contributed by atoms with E-state index in [-0.39, 0.29) is 0 Å². The van der Waals surface area contributed by atoms with Gasteiger partial charge in [0, 0.05) is 58.4 Å². The van der Waals surface area contributed by atoms with Crippen LogP contribution in [-0.2, 0) is 0 Å². The smallest absolute Gasteiger partial charge is 0.161 e. The summed E-state index contributed by atoms with van der Waals surface area (Å²) in [6.45, 7) is 0. The van der Waals surface area contributed by atoms with E-state index in [9.17, 15) is 0 Å². The van der Waals surface area contributed by atoms with Crippen LogP contribution in [0.3, 0.4) is 0 Å². The molecule has 0 saturated carbocycles. The van der Waals surface area contributed by atoms with Crippen LogP contribution < -0.4 is 0 Å². The first kappa shape index (κ1) is 27.3. The highest BCUT2D eigenvalue weighted by Crippen LogP contribution is 2.46. The SMILES string of the molecule is c1cc(-c2nc3ccccc3c3c4ccccc4c4ccccc4c23)cc(-n2c3cc4c(cc3c3oc5ccccc5c32)sc2ccccc24)c1. The van der Waals surface area contributed by atoms with Crippen molar-refractivity contribution in [1.82, 2.24) is 9.55 Å². The van der Waals surface area contributed by atoms with E-state index in [0.717, 1.165) is 55.4 Å². The van der Waals surface area contributed by atoms with Crippen LogP contribution >= 0.6 is 11.3 Å². The standard InChI is InChI=1S/C47H26N2OS/c1-3-17-32-29(14-1)30-15-2-4-18-33(30)44-43(32)34-19-5-8-21-38(34)48-45(44)27-12-11-13-28(24-27)49-39-25-36-31-16-7-10-23-41(31)51-42(36)26-37(39)47-46(49)35-20-6-9-22-40(35)50-47/h1-26H. The van der Waals surface area contributed by atoms with Gasteiger partial charge < -0.3 is 8.98 Å². The number of pyridine rings is 1. The molecule has 0 N–H and O–H groups in total. The number of hydrogen-bond donors (Lipinski definition) is 0. The molecule has 0 radical (unpaired) electrons. The third-order valence-electron chi connectivity index (χ3n) is 10.7. The van der Waals surface area contributed by atoms with Gasteiger partial charge in [0.1, 0.15) is 11.1 Å². The Balaban J connectivity index is 1.22. The molecule has 8 aromatic carbocycles. The summed E-state index contributed by atoms with van der Waals surface area (Å²) in [6.07, 6.45) is 0. The van der Waals surface area contributed by atoms with E-state index in [4.69, 9.17) is 9.40 Å². The van der Waals surface area contributed by atoms with Crippen LogP contribution in [0.2, 0.25) is 0 Å². The van der Waals surface area contributed by atoms with Crippen LogP contribution in [-0.4, -0.2) is 9.55 Å². The number of furan rings is 1.